The first-order chi connectivity index (χ1) is 20.2. The van der Waals surface area contributed by atoms with E-state index in [9.17, 15) is 25.9 Å². The second-order valence-electron chi connectivity index (χ2n) is 7.88. The maximum Gasteiger partial charge on any atom is 0.425 e. The highest BCUT2D eigenvalue weighted by molar-refractivity contribution is 14.1. The van der Waals surface area contributed by atoms with Crippen molar-refractivity contribution in [2.75, 3.05) is 11.5 Å². The SMILES string of the molecule is Nc1ccc(-c2ccc(N)cc2S(=O)(=O)O)cc1.O=S(=O)(O)c1cc(I)ccc1-c1ccc(I)cc1.O=S(=O)=O.O=S(=O)=O. The first-order valence-corrected chi connectivity index (χ1v) is 18.1. The molecule has 0 bridgehead atoms. The highest BCUT2D eigenvalue weighted by atomic mass is 127. The van der Waals surface area contributed by atoms with E-state index in [2.05, 4.69) is 22.6 Å². The highest BCUT2D eigenvalue weighted by Crippen LogP contribution is 2.30. The maximum atomic E-state index is 11.4. The minimum absolute atomic E-state index is 0.0596. The van der Waals surface area contributed by atoms with Crippen LogP contribution in [0, 0.1) is 7.14 Å². The summed E-state index contributed by atoms with van der Waals surface area (Å²) < 4.78 is 116. The lowest BCUT2D eigenvalue weighted by molar-refractivity contribution is 0.481. The molecule has 0 saturated heterocycles. The smallest absolute Gasteiger partial charge is 0.399 e. The van der Waals surface area contributed by atoms with Gasteiger partial charge in [0.25, 0.3) is 20.2 Å². The fraction of sp³-hybridized carbons (Fsp3) is 0. The van der Waals surface area contributed by atoms with Crippen LogP contribution in [0.25, 0.3) is 22.3 Å². The third-order valence-corrected chi connectivity index (χ3v) is 8.06. The molecule has 4 aromatic rings. The van der Waals surface area contributed by atoms with Crippen molar-refractivity contribution in [3.63, 3.8) is 0 Å². The van der Waals surface area contributed by atoms with Crippen LogP contribution in [-0.4, -0.2) is 51.2 Å². The molecule has 20 heteroatoms. The highest BCUT2D eigenvalue weighted by Gasteiger charge is 2.18. The van der Waals surface area contributed by atoms with Gasteiger partial charge in [0, 0.05) is 29.6 Å². The fourth-order valence-electron chi connectivity index (χ4n) is 3.23. The average Bonchev–Trinajstić information content (AvgIpc) is 2.89. The zero-order valence-electron chi connectivity index (χ0n) is 21.6. The predicted octanol–water partition coefficient (Wildman–Crippen LogP) is 3.57. The molecule has 0 spiro atoms. The van der Waals surface area contributed by atoms with Crippen LogP contribution in [0.4, 0.5) is 11.4 Å². The van der Waals surface area contributed by atoms with E-state index >= 15 is 0 Å². The van der Waals surface area contributed by atoms with Crippen LogP contribution in [0.15, 0.2) is 94.7 Å². The van der Waals surface area contributed by atoms with Gasteiger partial charge in [-0.3, -0.25) is 9.11 Å². The number of nitrogen functional groups attached to an aromatic ring is 2. The number of rotatable bonds is 4. The molecular formula is C24H20I2N2O12S4. The van der Waals surface area contributed by atoms with E-state index in [0.29, 0.717) is 22.4 Å². The second kappa shape index (κ2) is 17.5. The first-order valence-electron chi connectivity index (χ1n) is 11.0. The molecule has 0 radical (unpaired) electrons. The zero-order chi connectivity index (χ0) is 33.8. The summed E-state index contributed by atoms with van der Waals surface area (Å²) in [6.07, 6.45) is 0. The Labute approximate surface area is 282 Å². The predicted molar refractivity (Wildman–Crippen MR) is 177 cm³/mol. The van der Waals surface area contributed by atoms with E-state index in [-0.39, 0.29) is 15.5 Å². The van der Waals surface area contributed by atoms with Crippen molar-refractivity contribution in [3.05, 3.63) is 92.1 Å². The lowest BCUT2D eigenvalue weighted by atomic mass is 10.1. The monoisotopic (exact) mass is 910 g/mol. The number of halogens is 2. The number of hydrogen-bond acceptors (Lipinski definition) is 12. The van der Waals surface area contributed by atoms with E-state index in [4.69, 9.17) is 36.7 Å². The molecule has 0 amide bonds. The summed E-state index contributed by atoms with van der Waals surface area (Å²) in [5, 5.41) is 0. The summed E-state index contributed by atoms with van der Waals surface area (Å²) in [6, 6.07) is 23.4. The molecular weight excluding hydrogens is 890 g/mol. The van der Waals surface area contributed by atoms with Gasteiger partial charge in [0.2, 0.25) is 0 Å². The molecule has 236 valence electrons. The molecule has 0 atom stereocenters. The maximum absolute atomic E-state index is 11.4. The minimum atomic E-state index is -4.33. The fourth-order valence-corrected chi connectivity index (χ4v) is 5.78. The van der Waals surface area contributed by atoms with Crippen LogP contribution < -0.4 is 11.5 Å². The average molecular weight is 911 g/mol. The number of anilines is 2. The van der Waals surface area contributed by atoms with E-state index in [0.717, 1.165) is 12.7 Å². The van der Waals surface area contributed by atoms with Crippen molar-refractivity contribution in [1.29, 1.82) is 0 Å². The van der Waals surface area contributed by atoms with Crippen molar-refractivity contribution in [3.8, 4) is 22.3 Å². The standard InChI is InChI=1S/C12H8I2O3S.C12H12N2O3S.2O3S/c2*13-9-3-1-8(2-4-9)11-6-5-10(14)7-12(11)18(15,16)17;2*1-4(2)3/h1-7H,(H,15,16,17);1-7H,13-14H2,(H,15,16,17);;. The van der Waals surface area contributed by atoms with Gasteiger partial charge in [-0.15, -0.1) is 25.3 Å². The number of hydrogen-bond donors (Lipinski definition) is 4. The Balaban J connectivity index is 0.000000355. The molecule has 0 unspecified atom stereocenters. The Morgan fingerprint density at radius 2 is 0.818 bits per heavy atom. The molecule has 0 aliphatic rings. The number of benzene rings is 4. The van der Waals surface area contributed by atoms with Gasteiger partial charge in [-0.1, -0.05) is 36.4 Å². The lowest BCUT2D eigenvalue weighted by Crippen LogP contribution is -2.02. The molecule has 0 aliphatic carbocycles. The first kappa shape index (κ1) is 39.0. The zero-order valence-corrected chi connectivity index (χ0v) is 29.2. The summed E-state index contributed by atoms with van der Waals surface area (Å²) in [5.74, 6) is 0. The Kier molecular flexibility index (Phi) is 15.5. The Hall–Kier alpha value is -3.00. The van der Waals surface area contributed by atoms with Crippen LogP contribution in [0.3, 0.4) is 0 Å². The normalized spacial score (nSPS) is 10.5. The summed E-state index contributed by atoms with van der Waals surface area (Å²) in [7, 11) is -14.8. The molecule has 0 fully saturated rings. The van der Waals surface area contributed by atoms with Gasteiger partial charge in [0.15, 0.2) is 0 Å². The van der Waals surface area contributed by atoms with Crippen molar-refractivity contribution in [1.82, 2.24) is 0 Å². The quantitative estimate of drug-likeness (QED) is 0.130. The molecule has 6 N–H and O–H groups in total. The van der Waals surface area contributed by atoms with E-state index in [1.165, 1.54) is 12.1 Å². The minimum Gasteiger partial charge on any atom is -0.399 e. The van der Waals surface area contributed by atoms with Crippen LogP contribution in [0.1, 0.15) is 0 Å². The molecule has 0 heterocycles. The van der Waals surface area contributed by atoms with Crippen molar-refractivity contribution in [2.45, 2.75) is 9.79 Å². The Morgan fingerprint density at radius 3 is 1.23 bits per heavy atom. The largest absolute Gasteiger partial charge is 0.425 e. The van der Waals surface area contributed by atoms with Gasteiger partial charge < -0.3 is 11.5 Å². The topological polar surface area (TPSA) is 263 Å². The van der Waals surface area contributed by atoms with Crippen molar-refractivity contribution >= 4 is 98.0 Å². The Bertz CT molecular complexity index is 1890. The molecule has 4 aromatic carbocycles. The summed E-state index contributed by atoms with van der Waals surface area (Å²) >= 11 is 4.19. The van der Waals surface area contributed by atoms with Gasteiger partial charge in [0.1, 0.15) is 9.79 Å². The Morgan fingerprint density at radius 1 is 0.500 bits per heavy atom. The molecule has 0 aliphatic heterocycles. The molecule has 0 saturated carbocycles. The third kappa shape index (κ3) is 14.2. The van der Waals surface area contributed by atoms with Crippen LogP contribution in [-0.2, 0) is 41.5 Å². The molecule has 4 rings (SSSR count). The van der Waals surface area contributed by atoms with Gasteiger partial charge in [-0.05, 0) is 105 Å². The van der Waals surface area contributed by atoms with Gasteiger partial charge in [0.05, 0.1) is 0 Å². The van der Waals surface area contributed by atoms with E-state index in [1.54, 1.807) is 42.5 Å². The number of nitrogens with two attached hydrogens (primary N) is 2. The van der Waals surface area contributed by atoms with Gasteiger partial charge in [-0.2, -0.15) is 16.8 Å². The second-order valence-corrected chi connectivity index (χ2v) is 14.0. The van der Waals surface area contributed by atoms with Gasteiger partial charge >= 0.3 is 21.2 Å². The van der Waals surface area contributed by atoms with E-state index in [1.807, 2.05) is 52.9 Å². The summed E-state index contributed by atoms with van der Waals surface area (Å²) in [4.78, 5) is -0.275. The van der Waals surface area contributed by atoms with Crippen molar-refractivity contribution < 1.29 is 51.2 Å². The van der Waals surface area contributed by atoms with Gasteiger partial charge in [-0.25, -0.2) is 0 Å². The molecule has 0 aromatic heterocycles. The lowest BCUT2D eigenvalue weighted by Gasteiger charge is -2.08. The van der Waals surface area contributed by atoms with Crippen LogP contribution in [0.5, 0.6) is 0 Å². The van der Waals surface area contributed by atoms with Crippen LogP contribution >= 0.6 is 45.2 Å². The summed E-state index contributed by atoms with van der Waals surface area (Å²) in [5.41, 5.74) is 14.2. The van der Waals surface area contributed by atoms with Crippen LogP contribution in [0.2, 0.25) is 0 Å². The summed E-state index contributed by atoms with van der Waals surface area (Å²) in [6.45, 7) is 0. The molecule has 44 heavy (non-hydrogen) atoms. The van der Waals surface area contributed by atoms with Crippen molar-refractivity contribution in [2.24, 2.45) is 0 Å². The van der Waals surface area contributed by atoms with E-state index < -0.39 is 41.5 Å². The molecule has 14 nitrogen and oxygen atoms in total. The third-order valence-electron chi connectivity index (χ3n) is 4.88.